The van der Waals surface area contributed by atoms with Crippen LogP contribution in [0, 0.1) is 6.92 Å². The summed E-state index contributed by atoms with van der Waals surface area (Å²) in [7, 11) is 2.95. The van der Waals surface area contributed by atoms with Crippen LogP contribution in [0.25, 0.3) is 6.08 Å². The first-order valence-electron chi connectivity index (χ1n) is 8.56. The Balaban J connectivity index is 2.01. The van der Waals surface area contributed by atoms with Crippen LogP contribution < -0.4 is 15.4 Å². The number of esters is 1. The van der Waals surface area contributed by atoms with Crippen LogP contribution >= 0.6 is 11.6 Å². The van der Waals surface area contributed by atoms with Gasteiger partial charge in [0.05, 0.1) is 19.3 Å². The molecule has 2 N–H and O–H groups in total. The molecule has 1 aromatic carbocycles. The number of hydrogen-bond donors (Lipinski definition) is 2. The van der Waals surface area contributed by atoms with E-state index in [1.807, 2.05) is 29.6 Å². The molecule has 1 heterocycles. The van der Waals surface area contributed by atoms with Crippen molar-refractivity contribution < 1.29 is 23.9 Å². The number of carbonyl (C=O) groups excluding carboxylic acids is 3. The summed E-state index contributed by atoms with van der Waals surface area (Å²) in [5.74, 6) is -0.773. The van der Waals surface area contributed by atoms with Gasteiger partial charge in [-0.05, 0) is 30.7 Å². The zero-order chi connectivity index (χ0) is 21.4. The lowest BCUT2D eigenvalue weighted by Crippen LogP contribution is -2.39. The molecule has 0 spiro atoms. The quantitative estimate of drug-likeness (QED) is 0.522. The summed E-state index contributed by atoms with van der Waals surface area (Å²) in [6.45, 7) is 1.60. The van der Waals surface area contributed by atoms with Gasteiger partial charge in [0.2, 0.25) is 0 Å². The number of benzene rings is 1. The molecule has 0 aliphatic rings. The van der Waals surface area contributed by atoms with E-state index in [-0.39, 0.29) is 0 Å². The monoisotopic (exact) mass is 420 g/mol. The fourth-order valence-corrected chi connectivity index (χ4v) is 2.66. The van der Waals surface area contributed by atoms with E-state index >= 15 is 0 Å². The lowest BCUT2D eigenvalue weighted by Gasteiger charge is -2.06. The number of nitrogens with zero attached hydrogens (tertiary/aromatic N) is 2. The average Bonchev–Trinajstić information content (AvgIpc) is 2.97. The molecule has 0 unspecified atom stereocenters. The minimum absolute atomic E-state index is 0.353. The van der Waals surface area contributed by atoms with E-state index in [1.165, 1.54) is 13.1 Å². The summed E-state index contributed by atoms with van der Waals surface area (Å²) in [5.41, 5.74) is 2.13. The molecule has 29 heavy (non-hydrogen) atoms. The predicted molar refractivity (Wildman–Crippen MR) is 107 cm³/mol. The van der Waals surface area contributed by atoms with Crippen LogP contribution in [0.1, 0.15) is 16.8 Å². The molecule has 2 aromatic rings. The average molecular weight is 421 g/mol. The Morgan fingerprint density at radius 3 is 2.76 bits per heavy atom. The highest BCUT2D eigenvalue weighted by molar-refractivity contribution is 6.31. The van der Waals surface area contributed by atoms with Crippen LogP contribution in [0.15, 0.2) is 30.3 Å². The first-order chi connectivity index (χ1) is 13.8. The Bertz CT molecular complexity index is 939. The summed E-state index contributed by atoms with van der Waals surface area (Å²) in [6.07, 6.45) is 2.60. The van der Waals surface area contributed by atoms with E-state index < -0.39 is 24.5 Å². The van der Waals surface area contributed by atoms with E-state index in [1.54, 1.807) is 18.7 Å². The summed E-state index contributed by atoms with van der Waals surface area (Å²) in [5, 5.41) is 8.93. The standard InChI is InChI=1S/C19H21ClN4O5/c1-12-15(7-8-17(26)29-11-16(25)22-19(27)21-2)18(20)24(23-12)10-13-5-4-6-14(9-13)28-3/h4-9H,10-11H2,1-3H3,(H2,21,22,25,27)/b8-7+. The van der Waals surface area contributed by atoms with Crippen LogP contribution in [0.4, 0.5) is 4.79 Å². The third-order valence-electron chi connectivity index (χ3n) is 3.79. The van der Waals surface area contributed by atoms with Crippen LogP contribution in [0.5, 0.6) is 5.75 Å². The molecule has 9 nitrogen and oxygen atoms in total. The summed E-state index contributed by atoms with van der Waals surface area (Å²) < 4.78 is 11.6. The van der Waals surface area contributed by atoms with Crippen LogP contribution in [-0.2, 0) is 20.9 Å². The molecule has 154 valence electrons. The minimum atomic E-state index is -0.756. The Kier molecular flexibility index (Phi) is 7.79. The highest BCUT2D eigenvalue weighted by atomic mass is 35.5. The van der Waals surface area contributed by atoms with Crippen molar-refractivity contribution in [3.63, 3.8) is 0 Å². The Hall–Kier alpha value is -3.33. The second-order valence-electron chi connectivity index (χ2n) is 5.87. The van der Waals surface area contributed by atoms with E-state index in [4.69, 9.17) is 21.1 Å². The maximum atomic E-state index is 11.8. The fourth-order valence-electron chi connectivity index (χ4n) is 2.37. The van der Waals surface area contributed by atoms with Gasteiger partial charge in [-0.3, -0.25) is 10.1 Å². The molecule has 1 aromatic heterocycles. The van der Waals surface area contributed by atoms with Gasteiger partial charge in [-0.1, -0.05) is 23.7 Å². The maximum absolute atomic E-state index is 11.8. The molecule has 0 saturated carbocycles. The zero-order valence-electron chi connectivity index (χ0n) is 16.2. The van der Waals surface area contributed by atoms with Crippen molar-refractivity contribution in [3.05, 3.63) is 52.3 Å². The minimum Gasteiger partial charge on any atom is -0.497 e. The summed E-state index contributed by atoms with van der Waals surface area (Å²) >= 11 is 6.39. The Morgan fingerprint density at radius 1 is 1.31 bits per heavy atom. The van der Waals surface area contributed by atoms with E-state index in [0.29, 0.717) is 23.0 Å². The highest BCUT2D eigenvalue weighted by Crippen LogP contribution is 2.23. The van der Waals surface area contributed by atoms with Gasteiger partial charge in [-0.15, -0.1) is 0 Å². The maximum Gasteiger partial charge on any atom is 0.331 e. The summed E-state index contributed by atoms with van der Waals surface area (Å²) in [4.78, 5) is 34.2. The SMILES string of the molecule is CNC(=O)NC(=O)COC(=O)/C=C/c1c(C)nn(Cc2cccc(OC)c2)c1Cl. The second kappa shape index (κ2) is 10.3. The number of nitrogens with one attached hydrogen (secondary N) is 2. The lowest BCUT2D eigenvalue weighted by molar-refractivity contribution is -0.143. The van der Waals surface area contributed by atoms with Crippen molar-refractivity contribution in [3.8, 4) is 5.75 Å². The molecule has 0 bridgehead atoms. The second-order valence-corrected chi connectivity index (χ2v) is 6.23. The first-order valence-corrected chi connectivity index (χ1v) is 8.94. The molecule has 0 atom stereocenters. The smallest absolute Gasteiger partial charge is 0.331 e. The predicted octanol–water partition coefficient (Wildman–Crippen LogP) is 1.91. The number of aryl methyl sites for hydroxylation is 1. The van der Waals surface area contributed by atoms with Crippen molar-refractivity contribution >= 4 is 35.6 Å². The molecule has 0 fully saturated rings. The number of amides is 3. The van der Waals surface area contributed by atoms with Gasteiger partial charge in [0.1, 0.15) is 10.9 Å². The fraction of sp³-hybridized carbons (Fsp3) is 0.263. The van der Waals surface area contributed by atoms with Crippen molar-refractivity contribution in [2.75, 3.05) is 20.8 Å². The number of hydrogen-bond acceptors (Lipinski definition) is 6. The molecule has 10 heteroatoms. The number of methoxy groups -OCH3 is 1. The van der Waals surface area contributed by atoms with Gasteiger partial charge in [-0.2, -0.15) is 5.10 Å². The normalized spacial score (nSPS) is 10.6. The Labute approximate surface area is 172 Å². The third kappa shape index (κ3) is 6.35. The number of imide groups is 1. The number of halogens is 1. The zero-order valence-corrected chi connectivity index (χ0v) is 16.9. The van der Waals surface area contributed by atoms with Gasteiger partial charge in [0.25, 0.3) is 5.91 Å². The van der Waals surface area contributed by atoms with Crippen LogP contribution in [0.3, 0.4) is 0 Å². The van der Waals surface area contributed by atoms with E-state index in [0.717, 1.165) is 17.4 Å². The number of carbonyl (C=O) groups is 3. The highest BCUT2D eigenvalue weighted by Gasteiger charge is 2.13. The molecular formula is C19H21ClN4O5. The van der Waals surface area contributed by atoms with Crippen molar-refractivity contribution in [1.29, 1.82) is 0 Å². The number of ether oxygens (including phenoxy) is 2. The van der Waals surface area contributed by atoms with Crippen molar-refractivity contribution in [1.82, 2.24) is 20.4 Å². The van der Waals surface area contributed by atoms with Gasteiger partial charge in [-0.25, -0.2) is 14.3 Å². The number of urea groups is 1. The van der Waals surface area contributed by atoms with Crippen molar-refractivity contribution in [2.24, 2.45) is 0 Å². The molecule has 0 radical (unpaired) electrons. The molecule has 0 aliphatic carbocycles. The summed E-state index contributed by atoms with van der Waals surface area (Å²) in [6, 6.07) is 6.83. The largest absolute Gasteiger partial charge is 0.497 e. The van der Waals surface area contributed by atoms with Gasteiger partial charge in [0.15, 0.2) is 6.61 Å². The van der Waals surface area contributed by atoms with Crippen molar-refractivity contribution in [2.45, 2.75) is 13.5 Å². The molecule has 3 amide bonds. The molecule has 2 rings (SSSR count). The van der Waals surface area contributed by atoms with Crippen LogP contribution in [0.2, 0.25) is 5.15 Å². The van der Waals surface area contributed by atoms with Gasteiger partial charge >= 0.3 is 12.0 Å². The number of aromatic nitrogens is 2. The molecular weight excluding hydrogens is 400 g/mol. The third-order valence-corrected chi connectivity index (χ3v) is 4.19. The first kappa shape index (κ1) is 22.0. The lowest BCUT2D eigenvalue weighted by atomic mass is 10.2. The van der Waals surface area contributed by atoms with Crippen LogP contribution in [-0.4, -0.2) is 48.5 Å². The van der Waals surface area contributed by atoms with E-state index in [2.05, 4.69) is 10.4 Å². The topological polar surface area (TPSA) is 112 Å². The molecule has 0 saturated heterocycles. The van der Waals surface area contributed by atoms with Gasteiger partial charge in [0, 0.05) is 18.7 Å². The number of rotatable bonds is 7. The van der Waals surface area contributed by atoms with E-state index in [9.17, 15) is 14.4 Å². The molecule has 0 aliphatic heterocycles. The Morgan fingerprint density at radius 2 is 2.07 bits per heavy atom. The van der Waals surface area contributed by atoms with Gasteiger partial charge < -0.3 is 14.8 Å².